The molecular formula is C141H129N5. The Bertz CT molecular complexity index is 7940. The molecule has 5 nitrogen and oxygen atoms in total. The fraction of sp³-hybridized carbons (Fsp3) is 0.163. The van der Waals surface area contributed by atoms with Gasteiger partial charge in [-0.25, -0.2) is 0 Å². The number of nitrogens with zero attached hydrogens (tertiary/aromatic N) is 5. The van der Waals surface area contributed by atoms with Gasteiger partial charge in [0.05, 0.1) is 45.5 Å². The van der Waals surface area contributed by atoms with E-state index >= 15 is 0 Å². The number of benzene rings is 20. The molecule has 5 aliphatic heterocycles. The van der Waals surface area contributed by atoms with Crippen LogP contribution >= 0.6 is 0 Å². The van der Waals surface area contributed by atoms with Crippen molar-refractivity contribution in [1.82, 2.24) is 0 Å². The molecule has 5 atom stereocenters. The van der Waals surface area contributed by atoms with Gasteiger partial charge in [0, 0.05) is 96.8 Å². The van der Waals surface area contributed by atoms with Crippen molar-refractivity contribution in [2.24, 2.45) is 0 Å². The molecule has 0 spiro atoms. The van der Waals surface area contributed by atoms with Crippen molar-refractivity contribution in [3.63, 3.8) is 0 Å². The summed E-state index contributed by atoms with van der Waals surface area (Å²) in [6, 6.07) is 167. The van der Waals surface area contributed by atoms with Gasteiger partial charge in [0.25, 0.3) is 0 Å². The highest BCUT2D eigenvalue weighted by atomic mass is 15.2. The number of anilines is 14. The van der Waals surface area contributed by atoms with Crippen LogP contribution in [0, 0.1) is 13.8 Å². The lowest BCUT2D eigenvalue weighted by molar-refractivity contribution is 0.734. The topological polar surface area (TPSA) is 16.2 Å². The average Bonchev–Trinajstić information content (AvgIpc) is 1.57. The lowest BCUT2D eigenvalue weighted by Crippen LogP contribution is -2.11. The van der Waals surface area contributed by atoms with Crippen LogP contribution in [0.25, 0.3) is 122 Å². The van der Waals surface area contributed by atoms with Crippen molar-refractivity contribution in [3.05, 3.63) is 494 Å². The van der Waals surface area contributed by atoms with Crippen LogP contribution in [0.5, 0.6) is 0 Å². The smallest absolute Gasteiger partial charge is 0.0540 e. The monoisotopic (exact) mass is 1890 g/mol. The number of aryl methyl sites for hydroxylation is 2. The zero-order chi connectivity index (χ0) is 100. The number of fused-ring (bicyclic) bond motifs is 26. The second-order valence-electron chi connectivity index (χ2n) is 40.2. The van der Waals surface area contributed by atoms with E-state index in [1.165, 1.54) is 241 Å². The van der Waals surface area contributed by atoms with E-state index in [9.17, 15) is 0 Å². The molecule has 5 aliphatic rings. The number of rotatable bonds is 14. The zero-order valence-corrected chi connectivity index (χ0v) is 86.5. The van der Waals surface area contributed by atoms with E-state index in [0.29, 0.717) is 29.6 Å². The Labute approximate surface area is 865 Å². The van der Waals surface area contributed by atoms with Crippen LogP contribution in [0.15, 0.2) is 455 Å². The van der Waals surface area contributed by atoms with Gasteiger partial charge in [0.15, 0.2) is 0 Å². The molecule has 5 heteroatoms. The van der Waals surface area contributed by atoms with E-state index < -0.39 is 0 Å². The molecule has 0 radical (unpaired) electrons. The standard InChI is InChI=1S/C32H27N.2C29H27N.C28H25N.C23H23N/c1-3-22(2)23-17-18-32-30(19-23)29-21-25-12-8-7-11-24(25)20-28(29)27-15-9-10-16-31(27)33(32)26-13-5-4-6-14-26;2*1-4-21(3)22-15-18-29-27(19-22)25-10-6-5-9-24(25)26-11-7-8-12-28(26)30(29)23-16-13-20(2)14-17-23;1-3-20(2)21-17-18-28-26(19-21)24-14-8-7-13-23(24)25-15-9-10-16-27(25)29(28)22-11-5-4-6-12-22;1-4-16(2)17-13-14-23-21(15-17)19-10-6-5-9-18(19)20-11-7-8-12-22(20)24(23)3/h4-22H,3H2,1-2H3;2*5-19,21H,4H2,1-3H3;4-20H,3H2,1-2H3;5-16H,4H2,1-3H3. The van der Waals surface area contributed by atoms with E-state index in [4.69, 9.17) is 0 Å². The molecule has 0 fully saturated rings. The molecule has 20 aromatic carbocycles. The summed E-state index contributed by atoms with van der Waals surface area (Å²) in [5, 5.41) is 2.56. The fourth-order valence-corrected chi connectivity index (χ4v) is 22.0. The minimum absolute atomic E-state index is 0.523. The third-order valence-electron chi connectivity index (χ3n) is 31.3. The highest BCUT2D eigenvalue weighted by Crippen LogP contribution is 2.59. The summed E-state index contributed by atoms with van der Waals surface area (Å²) >= 11 is 0. The van der Waals surface area contributed by atoms with Gasteiger partial charge >= 0.3 is 0 Å². The fourth-order valence-electron chi connectivity index (χ4n) is 22.0. The van der Waals surface area contributed by atoms with Crippen LogP contribution in [-0.2, 0) is 0 Å². The lowest BCUT2D eigenvalue weighted by Gasteiger charge is -2.28. The Morgan fingerprint density at radius 3 is 0.610 bits per heavy atom. The van der Waals surface area contributed by atoms with Gasteiger partial charge in [-0.1, -0.05) is 384 Å². The summed E-state index contributed by atoms with van der Waals surface area (Å²) in [6.07, 6.45) is 5.72. The number of hydrogen-bond donors (Lipinski definition) is 0. The summed E-state index contributed by atoms with van der Waals surface area (Å²) in [5.41, 5.74) is 52.7. The Kier molecular flexibility index (Phi) is 27.8. The van der Waals surface area contributed by atoms with E-state index in [0.717, 1.165) is 32.1 Å². The molecule has 5 heterocycles. The summed E-state index contributed by atoms with van der Waals surface area (Å²) in [6.45, 7) is 27.2. The van der Waals surface area contributed by atoms with Crippen molar-refractivity contribution in [2.45, 2.75) is 145 Å². The van der Waals surface area contributed by atoms with E-state index in [1.54, 1.807) is 0 Å². The van der Waals surface area contributed by atoms with E-state index in [2.05, 4.69) is 570 Å². The van der Waals surface area contributed by atoms with E-state index in [1.807, 2.05) is 0 Å². The Morgan fingerprint density at radius 1 is 0.158 bits per heavy atom. The predicted molar refractivity (Wildman–Crippen MR) is 628 cm³/mol. The predicted octanol–water partition coefficient (Wildman–Crippen LogP) is 41.7. The zero-order valence-electron chi connectivity index (χ0n) is 86.5. The molecule has 0 N–H and O–H groups in total. The molecule has 25 rings (SSSR count). The molecule has 0 saturated carbocycles. The largest absolute Gasteiger partial charge is 0.344 e. The van der Waals surface area contributed by atoms with Crippen molar-refractivity contribution in [1.29, 1.82) is 0 Å². The molecule has 0 aromatic heterocycles. The maximum atomic E-state index is 2.43. The maximum Gasteiger partial charge on any atom is 0.0540 e. The van der Waals surface area contributed by atoms with Gasteiger partial charge in [-0.15, -0.1) is 0 Å². The second-order valence-corrected chi connectivity index (χ2v) is 40.2. The number of para-hydroxylation sites is 7. The first-order chi connectivity index (χ1) is 71.6. The van der Waals surface area contributed by atoms with Gasteiger partial charge < -0.3 is 24.5 Å². The van der Waals surface area contributed by atoms with Gasteiger partial charge in [-0.2, -0.15) is 0 Å². The van der Waals surface area contributed by atoms with Crippen LogP contribution in [0.1, 0.15) is 170 Å². The van der Waals surface area contributed by atoms with Crippen molar-refractivity contribution >= 4 is 90.4 Å². The molecule has 5 unspecified atom stereocenters. The molecular weight excluding hydrogens is 1760 g/mol. The van der Waals surface area contributed by atoms with Crippen LogP contribution in [0.4, 0.5) is 79.6 Å². The second kappa shape index (κ2) is 42.3. The van der Waals surface area contributed by atoms with Gasteiger partial charge in [-0.3, -0.25) is 0 Å². The van der Waals surface area contributed by atoms with E-state index in [-0.39, 0.29) is 0 Å². The molecule has 0 bridgehead atoms. The Hall–Kier alpha value is -16.3. The average molecular weight is 1890 g/mol. The van der Waals surface area contributed by atoms with Crippen LogP contribution in [-0.4, -0.2) is 7.05 Å². The normalized spacial score (nSPS) is 13.2. The summed E-state index contributed by atoms with van der Waals surface area (Å²) in [5.74, 6) is 2.73. The molecule has 0 saturated heterocycles. The molecule has 0 amide bonds. The highest BCUT2D eigenvalue weighted by Gasteiger charge is 2.34. The molecule has 146 heavy (non-hydrogen) atoms. The SMILES string of the molecule is CCC(C)c1ccc2c(c1)-c1cc3ccccc3cc1-c1ccccc1N2c1ccccc1.CCC(C)c1ccc2c(c1)-c1ccccc1-c1ccccc1N2C.CCC(C)c1ccc2c(c1)-c1ccccc1-c1ccccc1N2c1ccc(C)cc1.CCC(C)c1ccc2c(c1)-c1ccccc1-c1ccccc1N2c1ccc(C)cc1.CCC(C)c1ccc2c(c1)-c1ccccc1-c1ccccc1N2c1ccccc1. The maximum absolute atomic E-state index is 2.43. The van der Waals surface area contributed by atoms with Gasteiger partial charge in [0.1, 0.15) is 0 Å². The first-order valence-electron chi connectivity index (χ1n) is 52.8. The van der Waals surface area contributed by atoms with Crippen molar-refractivity contribution < 1.29 is 0 Å². The Balaban J connectivity index is 0.000000108. The number of hydrogen-bond acceptors (Lipinski definition) is 5. The van der Waals surface area contributed by atoms with Gasteiger partial charge in [-0.05, 0) is 321 Å². The Morgan fingerprint density at radius 2 is 0.336 bits per heavy atom. The third-order valence-corrected chi connectivity index (χ3v) is 31.3. The highest BCUT2D eigenvalue weighted by molar-refractivity contribution is 6.10. The molecule has 0 aliphatic carbocycles. The molecule has 20 aromatic rings. The first-order valence-corrected chi connectivity index (χ1v) is 52.8. The lowest BCUT2D eigenvalue weighted by atomic mass is 9.89. The summed E-state index contributed by atoms with van der Waals surface area (Å²) < 4.78 is 0. The summed E-state index contributed by atoms with van der Waals surface area (Å²) in [4.78, 5) is 12.0. The summed E-state index contributed by atoms with van der Waals surface area (Å²) in [7, 11) is 2.17. The van der Waals surface area contributed by atoms with Crippen LogP contribution in [0.2, 0.25) is 0 Å². The van der Waals surface area contributed by atoms with Crippen molar-refractivity contribution in [2.75, 3.05) is 31.5 Å². The van der Waals surface area contributed by atoms with Gasteiger partial charge in [0.2, 0.25) is 0 Å². The first kappa shape index (κ1) is 95.8. The van der Waals surface area contributed by atoms with Crippen LogP contribution in [0.3, 0.4) is 0 Å². The minimum atomic E-state index is 0.523. The molecule has 718 valence electrons. The van der Waals surface area contributed by atoms with Crippen LogP contribution < -0.4 is 24.5 Å². The minimum Gasteiger partial charge on any atom is -0.344 e. The van der Waals surface area contributed by atoms with Crippen molar-refractivity contribution in [3.8, 4) is 111 Å². The third kappa shape index (κ3) is 18.5. The quantitative estimate of drug-likeness (QED) is 0.108.